The van der Waals surface area contributed by atoms with Gasteiger partial charge in [0.2, 0.25) is 0 Å². The van der Waals surface area contributed by atoms with Crippen LogP contribution in [-0.2, 0) is 0 Å². The molecule has 0 spiro atoms. The second-order valence-electron chi connectivity index (χ2n) is 2.43. The molecule has 2 N–H and O–H groups in total. The highest BCUT2D eigenvalue weighted by Crippen LogP contribution is 1.99. The van der Waals surface area contributed by atoms with Gasteiger partial charge in [-0.25, -0.2) is 4.98 Å². The molecule has 0 saturated heterocycles. The van der Waals surface area contributed by atoms with E-state index in [-0.39, 0.29) is 0 Å². The van der Waals surface area contributed by atoms with E-state index in [9.17, 15) is 0 Å². The topological polar surface area (TPSA) is 56.7 Å². The molecule has 0 aliphatic rings. The van der Waals surface area contributed by atoms with Crippen LogP contribution in [0.25, 0.3) is 6.08 Å². The Morgan fingerprint density at radius 2 is 2.42 bits per heavy atom. The second kappa shape index (κ2) is 3.71. The van der Waals surface area contributed by atoms with Gasteiger partial charge in [-0.15, -0.1) is 5.10 Å². The van der Waals surface area contributed by atoms with Crippen molar-refractivity contribution in [3.8, 4) is 0 Å². The minimum Gasteiger partial charge on any atom is -0.321 e. The van der Waals surface area contributed by atoms with Crippen LogP contribution < -0.4 is 5.84 Å². The van der Waals surface area contributed by atoms with Crippen molar-refractivity contribution in [3.63, 3.8) is 0 Å². The van der Waals surface area contributed by atoms with Crippen molar-refractivity contribution in [2.75, 3.05) is 5.84 Å². The summed E-state index contributed by atoms with van der Waals surface area (Å²) in [6.45, 7) is 3.99. The smallest absolute Gasteiger partial charge is 0.173 e. The van der Waals surface area contributed by atoms with Crippen LogP contribution in [-0.4, -0.2) is 14.9 Å². The van der Waals surface area contributed by atoms with E-state index in [1.807, 2.05) is 32.1 Å². The first-order valence-corrected chi connectivity index (χ1v) is 3.70. The largest absolute Gasteiger partial charge is 0.321 e. The van der Waals surface area contributed by atoms with Crippen LogP contribution in [0.4, 0.5) is 0 Å². The Morgan fingerprint density at radius 1 is 1.67 bits per heavy atom. The summed E-state index contributed by atoms with van der Waals surface area (Å²) >= 11 is 0. The Morgan fingerprint density at radius 3 is 2.92 bits per heavy atom. The molecule has 0 aliphatic carbocycles. The Hall–Kier alpha value is -1.58. The first-order valence-electron chi connectivity index (χ1n) is 3.70. The van der Waals surface area contributed by atoms with E-state index in [0.717, 1.165) is 5.57 Å². The van der Waals surface area contributed by atoms with Gasteiger partial charge in [-0.3, -0.25) is 0 Å². The van der Waals surface area contributed by atoms with Gasteiger partial charge in [0.25, 0.3) is 0 Å². The SMILES string of the molecule is C/C=C(C)\C=C/c1ncnn1N. The van der Waals surface area contributed by atoms with Gasteiger partial charge >= 0.3 is 0 Å². The lowest BCUT2D eigenvalue weighted by Crippen LogP contribution is -2.11. The number of allylic oxidation sites excluding steroid dienone is 3. The van der Waals surface area contributed by atoms with Crippen LogP contribution in [0.3, 0.4) is 0 Å². The highest BCUT2D eigenvalue weighted by atomic mass is 15.5. The molecule has 0 atom stereocenters. The van der Waals surface area contributed by atoms with E-state index in [2.05, 4.69) is 10.1 Å². The maximum Gasteiger partial charge on any atom is 0.173 e. The van der Waals surface area contributed by atoms with Crippen molar-refractivity contribution in [2.24, 2.45) is 0 Å². The van der Waals surface area contributed by atoms with Gasteiger partial charge in [-0.05, 0) is 19.9 Å². The van der Waals surface area contributed by atoms with E-state index in [4.69, 9.17) is 5.84 Å². The van der Waals surface area contributed by atoms with Crippen molar-refractivity contribution in [1.29, 1.82) is 0 Å². The van der Waals surface area contributed by atoms with Gasteiger partial charge in [0.1, 0.15) is 6.33 Å². The minimum absolute atomic E-state index is 0.649. The Bertz CT molecular complexity index is 309. The van der Waals surface area contributed by atoms with Crippen molar-refractivity contribution in [3.05, 3.63) is 29.9 Å². The Balaban J connectivity index is 2.76. The van der Waals surface area contributed by atoms with Gasteiger partial charge in [0.15, 0.2) is 5.82 Å². The molecule has 0 amide bonds. The zero-order valence-corrected chi connectivity index (χ0v) is 7.23. The highest BCUT2D eigenvalue weighted by Gasteiger charge is 1.93. The lowest BCUT2D eigenvalue weighted by atomic mass is 10.2. The fourth-order valence-corrected chi connectivity index (χ4v) is 0.681. The molecule has 0 fully saturated rings. The Kier molecular flexibility index (Phi) is 2.63. The summed E-state index contributed by atoms with van der Waals surface area (Å²) in [5, 5.41) is 3.73. The van der Waals surface area contributed by atoms with Crippen LogP contribution in [0.1, 0.15) is 19.7 Å². The fraction of sp³-hybridized carbons (Fsp3) is 0.250. The minimum atomic E-state index is 0.649. The summed E-state index contributed by atoms with van der Waals surface area (Å²) in [5.41, 5.74) is 1.16. The summed E-state index contributed by atoms with van der Waals surface area (Å²) in [5.74, 6) is 6.09. The van der Waals surface area contributed by atoms with Crippen LogP contribution in [0.15, 0.2) is 24.1 Å². The number of rotatable bonds is 2. The van der Waals surface area contributed by atoms with Crippen molar-refractivity contribution < 1.29 is 0 Å². The maximum atomic E-state index is 5.44. The van der Waals surface area contributed by atoms with Crippen LogP contribution in [0.5, 0.6) is 0 Å². The lowest BCUT2D eigenvalue weighted by molar-refractivity contribution is 0.820. The molecule has 0 radical (unpaired) electrons. The molecule has 1 aromatic rings. The molecule has 1 rings (SSSR count). The third-order valence-electron chi connectivity index (χ3n) is 1.55. The van der Waals surface area contributed by atoms with Crippen molar-refractivity contribution in [2.45, 2.75) is 13.8 Å². The van der Waals surface area contributed by atoms with Crippen LogP contribution >= 0.6 is 0 Å². The number of aromatic nitrogens is 3. The summed E-state index contributed by atoms with van der Waals surface area (Å²) in [7, 11) is 0. The summed E-state index contributed by atoms with van der Waals surface area (Å²) in [4.78, 5) is 5.17. The average molecular weight is 164 g/mol. The summed E-state index contributed by atoms with van der Waals surface area (Å²) in [6.07, 6.45) is 7.19. The van der Waals surface area contributed by atoms with Gasteiger partial charge in [-0.1, -0.05) is 17.7 Å². The van der Waals surface area contributed by atoms with E-state index >= 15 is 0 Å². The normalized spacial score (nSPS) is 12.7. The van der Waals surface area contributed by atoms with Crippen LogP contribution in [0, 0.1) is 0 Å². The standard InChI is InChI=1S/C8H12N4/c1-3-7(2)4-5-8-10-6-11-12(8)9/h3-6H,9H2,1-2H3/b5-4-,7-3-. The number of nitrogens with zero attached hydrogens (tertiary/aromatic N) is 3. The van der Waals surface area contributed by atoms with Crippen molar-refractivity contribution >= 4 is 6.08 Å². The second-order valence-corrected chi connectivity index (χ2v) is 2.43. The van der Waals surface area contributed by atoms with Gasteiger partial charge in [0.05, 0.1) is 0 Å². The fourth-order valence-electron chi connectivity index (χ4n) is 0.681. The maximum absolute atomic E-state index is 5.44. The molecule has 1 aromatic heterocycles. The third-order valence-corrected chi connectivity index (χ3v) is 1.55. The molecule has 0 bridgehead atoms. The molecule has 64 valence electrons. The molecular formula is C8H12N4. The summed E-state index contributed by atoms with van der Waals surface area (Å²) in [6, 6.07) is 0. The van der Waals surface area contributed by atoms with E-state index < -0.39 is 0 Å². The van der Waals surface area contributed by atoms with Crippen molar-refractivity contribution in [1.82, 2.24) is 14.9 Å². The number of hydrogen-bond donors (Lipinski definition) is 1. The first-order chi connectivity index (χ1) is 5.74. The molecule has 4 nitrogen and oxygen atoms in total. The number of nitrogens with two attached hydrogens (primary N) is 1. The molecule has 12 heavy (non-hydrogen) atoms. The first kappa shape index (κ1) is 8.52. The third kappa shape index (κ3) is 1.95. The highest BCUT2D eigenvalue weighted by molar-refractivity contribution is 5.45. The number of nitrogen functional groups attached to an aromatic ring is 1. The number of hydrogen-bond acceptors (Lipinski definition) is 3. The molecule has 0 aliphatic heterocycles. The van der Waals surface area contributed by atoms with Gasteiger partial charge in [-0.2, -0.15) is 4.79 Å². The van der Waals surface area contributed by atoms with Gasteiger partial charge in [0, 0.05) is 0 Å². The molecular weight excluding hydrogens is 152 g/mol. The predicted molar refractivity (Wildman–Crippen MR) is 48.6 cm³/mol. The van der Waals surface area contributed by atoms with Gasteiger partial charge < -0.3 is 5.84 Å². The van der Waals surface area contributed by atoms with Crippen LogP contribution in [0.2, 0.25) is 0 Å². The zero-order chi connectivity index (χ0) is 8.97. The molecule has 0 saturated carbocycles. The molecule has 1 heterocycles. The predicted octanol–water partition coefficient (Wildman–Crippen LogP) is 0.971. The van der Waals surface area contributed by atoms with E-state index in [0.29, 0.717) is 5.82 Å². The zero-order valence-electron chi connectivity index (χ0n) is 7.23. The average Bonchev–Trinajstić information content (AvgIpc) is 2.47. The van der Waals surface area contributed by atoms with E-state index in [1.165, 1.54) is 11.1 Å². The van der Waals surface area contributed by atoms with E-state index in [1.54, 1.807) is 0 Å². The Labute approximate surface area is 71.4 Å². The molecule has 0 aromatic carbocycles. The summed E-state index contributed by atoms with van der Waals surface area (Å²) < 4.78 is 0. The lowest BCUT2D eigenvalue weighted by Gasteiger charge is -1.91. The monoisotopic (exact) mass is 164 g/mol. The quantitative estimate of drug-likeness (QED) is 0.523. The molecule has 4 heteroatoms. The molecule has 0 unspecified atom stereocenters.